The van der Waals surface area contributed by atoms with Gasteiger partial charge in [0.2, 0.25) is 0 Å². The molecule has 0 aliphatic heterocycles. The first-order valence-corrected chi connectivity index (χ1v) is 4.60. The number of halogens is 5. The number of alkyl halides is 5. The van der Waals surface area contributed by atoms with Crippen molar-refractivity contribution in [3.8, 4) is 0 Å². The summed E-state index contributed by atoms with van der Waals surface area (Å²) < 4.78 is 56.9. The van der Waals surface area contributed by atoms with E-state index in [0.29, 0.717) is 12.8 Å². The van der Waals surface area contributed by atoms with Gasteiger partial charge in [0.05, 0.1) is 12.1 Å². The van der Waals surface area contributed by atoms with E-state index >= 15 is 0 Å². The number of hydrogen-bond acceptors (Lipinski definition) is 3. The summed E-state index contributed by atoms with van der Waals surface area (Å²) in [5.41, 5.74) is 5.06. The highest BCUT2D eigenvalue weighted by atomic mass is 19.4. The Kier molecular flexibility index (Phi) is 5.27. The van der Waals surface area contributed by atoms with Crippen LogP contribution < -0.4 is 5.73 Å². The van der Waals surface area contributed by atoms with E-state index in [1.54, 1.807) is 0 Å². The van der Waals surface area contributed by atoms with Crippen LogP contribution in [0.2, 0.25) is 0 Å². The van der Waals surface area contributed by atoms with Crippen molar-refractivity contribution in [2.45, 2.75) is 43.5 Å². The lowest BCUT2D eigenvalue weighted by atomic mass is 9.90. The van der Waals surface area contributed by atoms with Crippen molar-refractivity contribution in [1.82, 2.24) is 0 Å². The van der Waals surface area contributed by atoms with Crippen molar-refractivity contribution in [3.05, 3.63) is 0 Å². The van der Waals surface area contributed by atoms with E-state index in [2.05, 4.69) is 0 Å². The molecule has 17 heavy (non-hydrogen) atoms. The fourth-order valence-corrected chi connectivity index (χ4v) is 1.17. The SMILES string of the molecule is N[C@@H]1[C@H](O)CCCC1(F)F.O=C(O)C(F)(F)F. The molecule has 1 fully saturated rings. The molecule has 1 saturated carbocycles. The zero-order valence-corrected chi connectivity index (χ0v) is 8.55. The average Bonchev–Trinajstić information content (AvgIpc) is 2.13. The Labute approximate surface area is 93.2 Å². The van der Waals surface area contributed by atoms with Gasteiger partial charge >= 0.3 is 12.1 Å². The first-order chi connectivity index (χ1) is 7.48. The molecule has 2 atom stereocenters. The topological polar surface area (TPSA) is 83.5 Å². The molecule has 0 amide bonds. The summed E-state index contributed by atoms with van der Waals surface area (Å²) in [5.74, 6) is -5.62. The minimum absolute atomic E-state index is 0.189. The van der Waals surface area contributed by atoms with Crippen LogP contribution >= 0.6 is 0 Å². The average molecular weight is 265 g/mol. The van der Waals surface area contributed by atoms with Crippen LogP contribution in [0.25, 0.3) is 0 Å². The second-order valence-corrected chi connectivity index (χ2v) is 3.55. The van der Waals surface area contributed by atoms with Gasteiger partial charge in [-0.05, 0) is 12.8 Å². The van der Waals surface area contributed by atoms with Gasteiger partial charge in [0.15, 0.2) is 0 Å². The second kappa shape index (κ2) is 5.58. The van der Waals surface area contributed by atoms with Gasteiger partial charge in [-0.15, -0.1) is 0 Å². The number of rotatable bonds is 0. The molecule has 102 valence electrons. The Morgan fingerprint density at radius 2 is 1.76 bits per heavy atom. The van der Waals surface area contributed by atoms with Crippen molar-refractivity contribution in [2.24, 2.45) is 5.73 Å². The minimum atomic E-state index is -5.08. The largest absolute Gasteiger partial charge is 0.490 e. The third-order valence-electron chi connectivity index (χ3n) is 2.15. The van der Waals surface area contributed by atoms with Crippen LogP contribution in [0.15, 0.2) is 0 Å². The van der Waals surface area contributed by atoms with Gasteiger partial charge in [-0.2, -0.15) is 13.2 Å². The molecule has 1 aliphatic carbocycles. The molecule has 0 aromatic rings. The van der Waals surface area contributed by atoms with Crippen LogP contribution in [-0.2, 0) is 4.79 Å². The quantitative estimate of drug-likeness (QED) is 0.573. The van der Waals surface area contributed by atoms with Crippen molar-refractivity contribution < 1.29 is 37.0 Å². The number of aliphatic hydroxyl groups is 1. The van der Waals surface area contributed by atoms with E-state index in [1.807, 2.05) is 0 Å². The molecule has 1 rings (SSSR count). The smallest absolute Gasteiger partial charge is 0.475 e. The molecule has 9 heteroatoms. The molecular formula is C8H12F5NO3. The number of carboxylic acids is 1. The molecule has 0 spiro atoms. The van der Waals surface area contributed by atoms with Gasteiger partial charge in [-0.25, -0.2) is 13.6 Å². The number of carbonyl (C=O) groups is 1. The maximum Gasteiger partial charge on any atom is 0.490 e. The Morgan fingerprint density at radius 1 is 1.35 bits per heavy atom. The number of aliphatic carboxylic acids is 1. The zero-order valence-electron chi connectivity index (χ0n) is 8.55. The number of nitrogens with two attached hydrogens (primary N) is 1. The monoisotopic (exact) mass is 265 g/mol. The summed E-state index contributed by atoms with van der Waals surface area (Å²) in [5, 5.41) is 16.0. The summed E-state index contributed by atoms with van der Waals surface area (Å²) in [7, 11) is 0. The van der Waals surface area contributed by atoms with Gasteiger partial charge in [0, 0.05) is 6.42 Å². The molecule has 4 nitrogen and oxygen atoms in total. The van der Waals surface area contributed by atoms with Crippen LogP contribution in [0.4, 0.5) is 22.0 Å². The summed E-state index contributed by atoms with van der Waals surface area (Å²) in [6, 6.07) is -1.36. The number of aliphatic hydroxyl groups excluding tert-OH is 1. The fraction of sp³-hybridized carbons (Fsp3) is 0.875. The van der Waals surface area contributed by atoms with Crippen LogP contribution in [0.1, 0.15) is 19.3 Å². The highest BCUT2D eigenvalue weighted by Gasteiger charge is 2.43. The molecule has 0 unspecified atom stereocenters. The highest BCUT2D eigenvalue weighted by Crippen LogP contribution is 2.32. The van der Waals surface area contributed by atoms with E-state index < -0.39 is 30.2 Å². The highest BCUT2D eigenvalue weighted by molar-refractivity contribution is 5.73. The molecule has 0 aromatic carbocycles. The lowest BCUT2D eigenvalue weighted by Crippen LogP contribution is -2.52. The second-order valence-electron chi connectivity index (χ2n) is 3.55. The Balaban J connectivity index is 0.000000325. The minimum Gasteiger partial charge on any atom is -0.475 e. The zero-order chi connectivity index (χ0) is 13.9. The van der Waals surface area contributed by atoms with E-state index in [-0.39, 0.29) is 6.42 Å². The number of hydrogen-bond donors (Lipinski definition) is 3. The predicted molar refractivity (Wildman–Crippen MR) is 46.5 cm³/mol. The fourth-order valence-electron chi connectivity index (χ4n) is 1.17. The van der Waals surface area contributed by atoms with Crippen LogP contribution in [0.5, 0.6) is 0 Å². The van der Waals surface area contributed by atoms with Crippen molar-refractivity contribution in [1.29, 1.82) is 0 Å². The van der Waals surface area contributed by atoms with Crippen molar-refractivity contribution in [2.75, 3.05) is 0 Å². The van der Waals surface area contributed by atoms with Crippen LogP contribution in [0, 0.1) is 0 Å². The molecule has 0 bridgehead atoms. The molecule has 0 heterocycles. The van der Waals surface area contributed by atoms with Gasteiger partial charge < -0.3 is 15.9 Å². The molecule has 0 radical (unpaired) electrons. The van der Waals surface area contributed by atoms with E-state index in [4.69, 9.17) is 20.7 Å². The molecule has 4 N–H and O–H groups in total. The normalized spacial score (nSPS) is 27.9. The summed E-state index contributed by atoms with van der Waals surface area (Å²) in [6.07, 6.45) is -5.53. The third-order valence-corrected chi connectivity index (χ3v) is 2.15. The maximum atomic E-state index is 12.6. The first kappa shape index (κ1) is 16.0. The van der Waals surface area contributed by atoms with E-state index in [0.717, 1.165) is 0 Å². The summed E-state index contributed by atoms with van der Waals surface area (Å²) in [6.45, 7) is 0. The molecule has 1 aliphatic rings. The molecule has 0 aromatic heterocycles. The standard InChI is InChI=1S/C6H11F2NO.C2HF3O2/c7-6(8)3-1-2-4(10)5(6)9;3-2(4,5)1(6)7/h4-5,10H,1-3,9H2;(H,6,7)/t4-,5-;/m1./s1. The summed E-state index contributed by atoms with van der Waals surface area (Å²) in [4.78, 5) is 8.90. The molecular weight excluding hydrogens is 253 g/mol. The van der Waals surface area contributed by atoms with Gasteiger partial charge in [0.1, 0.15) is 0 Å². The lowest BCUT2D eigenvalue weighted by Gasteiger charge is -2.32. The Morgan fingerprint density at radius 3 is 2.00 bits per heavy atom. The lowest BCUT2D eigenvalue weighted by molar-refractivity contribution is -0.192. The van der Waals surface area contributed by atoms with Gasteiger partial charge in [0.25, 0.3) is 5.92 Å². The maximum absolute atomic E-state index is 12.6. The third kappa shape index (κ3) is 5.26. The molecule has 0 saturated heterocycles. The van der Waals surface area contributed by atoms with Gasteiger partial charge in [-0.3, -0.25) is 0 Å². The summed E-state index contributed by atoms with van der Waals surface area (Å²) >= 11 is 0. The van der Waals surface area contributed by atoms with E-state index in [1.165, 1.54) is 0 Å². The van der Waals surface area contributed by atoms with Crippen molar-refractivity contribution >= 4 is 5.97 Å². The Hall–Kier alpha value is -0.960. The van der Waals surface area contributed by atoms with Gasteiger partial charge in [-0.1, -0.05) is 0 Å². The van der Waals surface area contributed by atoms with Crippen LogP contribution in [-0.4, -0.2) is 40.4 Å². The first-order valence-electron chi connectivity index (χ1n) is 4.60. The Bertz CT molecular complexity index is 268. The number of carboxylic acid groups (broad SMARTS) is 1. The van der Waals surface area contributed by atoms with Crippen LogP contribution in [0.3, 0.4) is 0 Å². The van der Waals surface area contributed by atoms with Crippen molar-refractivity contribution in [3.63, 3.8) is 0 Å². The predicted octanol–water partition coefficient (Wildman–Crippen LogP) is 1.13. The van der Waals surface area contributed by atoms with E-state index in [9.17, 15) is 22.0 Å².